The third-order valence-electron chi connectivity index (χ3n) is 4.63. The lowest BCUT2D eigenvalue weighted by molar-refractivity contribution is 0.0179. The predicted molar refractivity (Wildman–Crippen MR) is 93.6 cm³/mol. The normalized spacial score (nSPS) is 19.8. The molecule has 0 spiro atoms. The topological polar surface area (TPSA) is 53.1 Å². The number of nitrogens with zero attached hydrogens (tertiary/aromatic N) is 3. The van der Waals surface area contributed by atoms with Gasteiger partial charge in [-0.05, 0) is 52.9 Å². The molecule has 2 heterocycles. The molecule has 2 aliphatic heterocycles. The first kappa shape index (κ1) is 18.6. The van der Waals surface area contributed by atoms with E-state index in [-0.39, 0.29) is 12.1 Å². The monoisotopic (exact) mass is 337 g/mol. The zero-order chi connectivity index (χ0) is 17.9. The Morgan fingerprint density at radius 1 is 1.21 bits per heavy atom. The second kappa shape index (κ2) is 7.45. The van der Waals surface area contributed by atoms with Gasteiger partial charge in [-0.3, -0.25) is 4.90 Å². The van der Waals surface area contributed by atoms with Crippen LogP contribution in [0, 0.1) is 5.92 Å². The lowest BCUT2D eigenvalue weighted by atomic mass is 9.93. The summed E-state index contributed by atoms with van der Waals surface area (Å²) in [6.07, 6.45) is 2.74. The third-order valence-corrected chi connectivity index (χ3v) is 4.63. The molecule has 0 aliphatic carbocycles. The summed E-state index contributed by atoms with van der Waals surface area (Å²) in [4.78, 5) is 29.7. The Balaban J connectivity index is 1.71. The van der Waals surface area contributed by atoms with Crippen LogP contribution in [0.2, 0.25) is 0 Å². The van der Waals surface area contributed by atoms with E-state index in [1.54, 1.807) is 9.80 Å². The molecule has 24 heavy (non-hydrogen) atoms. The van der Waals surface area contributed by atoms with E-state index in [0.717, 1.165) is 57.7 Å². The van der Waals surface area contributed by atoms with Gasteiger partial charge in [-0.2, -0.15) is 0 Å². The number of hydrogen-bond donors (Lipinski definition) is 0. The summed E-state index contributed by atoms with van der Waals surface area (Å²) in [6, 6.07) is 0.0775. The molecule has 0 atom stereocenters. The summed E-state index contributed by atoms with van der Waals surface area (Å²) >= 11 is 0. The lowest BCUT2D eigenvalue weighted by Gasteiger charge is -2.34. The van der Waals surface area contributed by atoms with E-state index in [2.05, 4.69) is 6.58 Å². The van der Waals surface area contributed by atoms with Crippen molar-refractivity contribution in [2.24, 2.45) is 5.92 Å². The number of amides is 3. The Morgan fingerprint density at radius 3 is 2.33 bits per heavy atom. The van der Waals surface area contributed by atoms with Crippen LogP contribution in [0.4, 0.5) is 9.59 Å². The Morgan fingerprint density at radius 2 is 1.83 bits per heavy atom. The predicted octanol–water partition coefficient (Wildman–Crippen LogP) is 3.29. The Bertz CT molecular complexity index is 490. The molecular weight excluding hydrogens is 306 g/mol. The second-order valence-corrected chi connectivity index (χ2v) is 7.86. The lowest BCUT2D eigenvalue weighted by Crippen LogP contribution is -2.42. The molecule has 2 aliphatic rings. The van der Waals surface area contributed by atoms with Gasteiger partial charge in [-0.15, -0.1) is 0 Å². The molecule has 0 unspecified atom stereocenters. The van der Waals surface area contributed by atoms with Gasteiger partial charge >= 0.3 is 12.1 Å². The quantitative estimate of drug-likeness (QED) is 0.791. The van der Waals surface area contributed by atoms with E-state index in [1.807, 2.05) is 32.6 Å². The fraction of sp³-hybridized carbons (Fsp3) is 0.778. The first-order valence-corrected chi connectivity index (χ1v) is 8.87. The molecular formula is C18H31N3O3. The molecule has 2 fully saturated rings. The van der Waals surface area contributed by atoms with Gasteiger partial charge in [-0.25, -0.2) is 9.59 Å². The van der Waals surface area contributed by atoms with E-state index in [1.165, 1.54) is 0 Å². The molecule has 2 saturated heterocycles. The molecule has 0 radical (unpaired) electrons. The van der Waals surface area contributed by atoms with Crippen LogP contribution < -0.4 is 0 Å². The standard InChI is InChI=1S/C18H31N3O3/c1-14(2)21-13-12-19(16(21)22)9-6-15-7-10-20(11-8-15)17(23)24-18(3,4)5/h15H,1,6-13H2,2-5H3. The summed E-state index contributed by atoms with van der Waals surface area (Å²) in [5, 5.41) is 0. The van der Waals surface area contributed by atoms with E-state index in [9.17, 15) is 9.59 Å². The van der Waals surface area contributed by atoms with Crippen molar-refractivity contribution in [3.8, 4) is 0 Å². The van der Waals surface area contributed by atoms with Crippen LogP contribution in [-0.2, 0) is 4.74 Å². The van der Waals surface area contributed by atoms with Crippen LogP contribution in [0.25, 0.3) is 0 Å². The van der Waals surface area contributed by atoms with Crippen molar-refractivity contribution in [1.29, 1.82) is 0 Å². The first-order valence-electron chi connectivity index (χ1n) is 8.87. The second-order valence-electron chi connectivity index (χ2n) is 7.86. The van der Waals surface area contributed by atoms with Crippen molar-refractivity contribution in [2.75, 3.05) is 32.7 Å². The highest BCUT2D eigenvalue weighted by molar-refractivity contribution is 5.78. The minimum atomic E-state index is -0.445. The molecule has 0 aromatic heterocycles. The number of piperidine rings is 1. The zero-order valence-electron chi connectivity index (χ0n) is 15.5. The van der Waals surface area contributed by atoms with Gasteiger partial charge in [0.1, 0.15) is 5.60 Å². The molecule has 0 N–H and O–H groups in total. The molecule has 3 amide bonds. The van der Waals surface area contributed by atoms with Crippen molar-refractivity contribution in [1.82, 2.24) is 14.7 Å². The maximum absolute atomic E-state index is 12.2. The molecule has 0 bridgehead atoms. The fourth-order valence-electron chi connectivity index (χ4n) is 3.21. The van der Waals surface area contributed by atoms with Crippen LogP contribution in [0.1, 0.15) is 47.0 Å². The largest absolute Gasteiger partial charge is 0.444 e. The SMILES string of the molecule is C=C(C)N1CCN(CCC2CCN(C(=O)OC(C)(C)C)CC2)C1=O. The van der Waals surface area contributed by atoms with Crippen molar-refractivity contribution in [3.05, 3.63) is 12.3 Å². The van der Waals surface area contributed by atoms with Crippen LogP contribution >= 0.6 is 0 Å². The number of rotatable bonds is 4. The minimum absolute atomic E-state index is 0.0775. The van der Waals surface area contributed by atoms with E-state index >= 15 is 0 Å². The molecule has 6 nitrogen and oxygen atoms in total. The average Bonchev–Trinajstić information content (AvgIpc) is 2.85. The maximum Gasteiger partial charge on any atom is 0.410 e. The molecule has 136 valence electrons. The van der Waals surface area contributed by atoms with Crippen molar-refractivity contribution in [3.63, 3.8) is 0 Å². The molecule has 2 rings (SSSR count). The number of hydrogen-bond acceptors (Lipinski definition) is 3. The van der Waals surface area contributed by atoms with Crippen LogP contribution in [0.3, 0.4) is 0 Å². The summed E-state index contributed by atoms with van der Waals surface area (Å²) in [5.41, 5.74) is 0.368. The number of likely N-dealkylation sites (tertiary alicyclic amines) is 1. The average molecular weight is 337 g/mol. The van der Waals surface area contributed by atoms with Gasteiger partial charge in [0.05, 0.1) is 0 Å². The van der Waals surface area contributed by atoms with Gasteiger partial charge in [0, 0.05) is 38.4 Å². The number of allylic oxidation sites excluding steroid dienone is 1. The summed E-state index contributed by atoms with van der Waals surface area (Å²) in [7, 11) is 0. The smallest absolute Gasteiger partial charge is 0.410 e. The zero-order valence-corrected chi connectivity index (χ0v) is 15.5. The highest BCUT2D eigenvalue weighted by atomic mass is 16.6. The highest BCUT2D eigenvalue weighted by Gasteiger charge is 2.30. The van der Waals surface area contributed by atoms with Crippen LogP contribution in [-0.4, -0.2) is 65.1 Å². The number of ether oxygens (including phenoxy) is 1. The molecule has 6 heteroatoms. The molecule has 0 saturated carbocycles. The summed E-state index contributed by atoms with van der Waals surface area (Å²) < 4.78 is 5.42. The maximum atomic E-state index is 12.2. The molecule has 0 aromatic rings. The Labute approximate surface area is 145 Å². The van der Waals surface area contributed by atoms with Crippen molar-refractivity contribution >= 4 is 12.1 Å². The molecule has 0 aromatic carbocycles. The first-order chi connectivity index (χ1) is 11.2. The van der Waals surface area contributed by atoms with Gasteiger partial charge in [0.15, 0.2) is 0 Å². The Hall–Kier alpha value is -1.72. The third kappa shape index (κ3) is 4.89. The summed E-state index contributed by atoms with van der Waals surface area (Å²) in [5.74, 6) is 0.565. The number of carbonyl (C=O) groups is 2. The van der Waals surface area contributed by atoms with Crippen molar-refractivity contribution < 1.29 is 14.3 Å². The minimum Gasteiger partial charge on any atom is -0.444 e. The van der Waals surface area contributed by atoms with E-state index in [4.69, 9.17) is 4.74 Å². The Kier molecular flexibility index (Phi) is 5.78. The summed E-state index contributed by atoms with van der Waals surface area (Å²) in [6.45, 7) is 15.2. The number of urea groups is 1. The van der Waals surface area contributed by atoms with E-state index in [0.29, 0.717) is 5.92 Å². The van der Waals surface area contributed by atoms with Crippen molar-refractivity contribution in [2.45, 2.75) is 52.6 Å². The van der Waals surface area contributed by atoms with Gasteiger partial charge in [0.2, 0.25) is 0 Å². The fourth-order valence-corrected chi connectivity index (χ4v) is 3.21. The van der Waals surface area contributed by atoms with Gasteiger partial charge in [0.25, 0.3) is 0 Å². The van der Waals surface area contributed by atoms with Gasteiger partial charge < -0.3 is 14.5 Å². The number of carbonyl (C=O) groups excluding carboxylic acids is 2. The van der Waals surface area contributed by atoms with Crippen LogP contribution in [0.15, 0.2) is 12.3 Å². The van der Waals surface area contributed by atoms with E-state index < -0.39 is 5.60 Å². The highest BCUT2D eigenvalue weighted by Crippen LogP contribution is 2.23. The van der Waals surface area contributed by atoms with Gasteiger partial charge in [-0.1, -0.05) is 6.58 Å². The van der Waals surface area contributed by atoms with Crippen LogP contribution in [0.5, 0.6) is 0 Å².